The zero-order valence-electron chi connectivity index (χ0n) is 11.0. The molecular weight excluding hydrogens is 263 g/mol. The maximum atomic E-state index is 13.3. The molecule has 1 aromatic carbocycles. The van der Waals surface area contributed by atoms with Gasteiger partial charge < -0.3 is 10.4 Å². The number of Topliss-reactive ketones (excluding diaryl/α,β-unsaturated/α-hetero) is 1. The molecule has 0 spiro atoms. The van der Waals surface area contributed by atoms with Crippen LogP contribution in [0.5, 0.6) is 5.75 Å². The standard InChI is InChI=1S/C14H13FN2O3/c1-7-3-9(15)5-10(12(7)18)13(19)8-4-11(17-6-8)14(20)16-2/h3,5-6,18H,4H2,1-2H3,(H,16,20). The van der Waals surface area contributed by atoms with Crippen LogP contribution in [0.1, 0.15) is 22.3 Å². The summed E-state index contributed by atoms with van der Waals surface area (Å²) in [6.07, 6.45) is 1.33. The quantitative estimate of drug-likeness (QED) is 0.821. The van der Waals surface area contributed by atoms with Crippen LogP contribution >= 0.6 is 0 Å². The molecule has 1 aromatic rings. The zero-order chi connectivity index (χ0) is 14.9. The van der Waals surface area contributed by atoms with Gasteiger partial charge in [-0.15, -0.1) is 0 Å². The van der Waals surface area contributed by atoms with Crippen molar-refractivity contribution in [1.82, 2.24) is 5.32 Å². The second kappa shape index (κ2) is 5.24. The molecular formula is C14H13FN2O3. The van der Waals surface area contributed by atoms with Crippen molar-refractivity contribution in [2.45, 2.75) is 13.3 Å². The lowest BCUT2D eigenvalue weighted by molar-refractivity contribution is -0.114. The average Bonchev–Trinajstić information content (AvgIpc) is 2.90. The Kier molecular flexibility index (Phi) is 3.65. The number of hydrogen-bond donors (Lipinski definition) is 2. The van der Waals surface area contributed by atoms with Gasteiger partial charge in [0.05, 0.1) is 5.56 Å². The number of halogens is 1. The van der Waals surface area contributed by atoms with E-state index in [4.69, 9.17) is 0 Å². The maximum Gasteiger partial charge on any atom is 0.265 e. The van der Waals surface area contributed by atoms with Crippen molar-refractivity contribution < 1.29 is 19.1 Å². The number of carbonyl (C=O) groups is 2. The molecule has 0 aliphatic carbocycles. The summed E-state index contributed by atoms with van der Waals surface area (Å²) in [5, 5.41) is 12.3. The maximum absolute atomic E-state index is 13.3. The third-order valence-electron chi connectivity index (χ3n) is 3.02. The fourth-order valence-corrected chi connectivity index (χ4v) is 1.93. The minimum atomic E-state index is -0.602. The number of rotatable bonds is 3. The van der Waals surface area contributed by atoms with Crippen LogP contribution in [0.4, 0.5) is 4.39 Å². The van der Waals surface area contributed by atoms with Gasteiger partial charge in [0.15, 0.2) is 5.78 Å². The van der Waals surface area contributed by atoms with E-state index in [0.29, 0.717) is 0 Å². The lowest BCUT2D eigenvalue weighted by Crippen LogP contribution is -2.27. The van der Waals surface area contributed by atoms with E-state index >= 15 is 0 Å². The lowest BCUT2D eigenvalue weighted by atomic mass is 9.98. The first-order valence-electron chi connectivity index (χ1n) is 5.95. The number of phenols is 1. The number of aliphatic imine (C=N–C) groups is 1. The van der Waals surface area contributed by atoms with Crippen LogP contribution < -0.4 is 5.32 Å². The summed E-state index contributed by atoms with van der Waals surface area (Å²) < 4.78 is 13.3. The summed E-state index contributed by atoms with van der Waals surface area (Å²) in [7, 11) is 1.46. The molecule has 0 bridgehead atoms. The highest BCUT2D eigenvalue weighted by atomic mass is 19.1. The van der Waals surface area contributed by atoms with Gasteiger partial charge in [-0.25, -0.2) is 4.39 Å². The van der Waals surface area contributed by atoms with Crippen molar-refractivity contribution in [2.24, 2.45) is 4.99 Å². The zero-order valence-corrected chi connectivity index (χ0v) is 11.0. The van der Waals surface area contributed by atoms with Crippen LogP contribution in [0.3, 0.4) is 0 Å². The molecule has 0 unspecified atom stereocenters. The summed E-state index contributed by atoms with van der Waals surface area (Å²) >= 11 is 0. The predicted molar refractivity (Wildman–Crippen MR) is 71.3 cm³/mol. The van der Waals surface area contributed by atoms with E-state index in [1.807, 2.05) is 0 Å². The van der Waals surface area contributed by atoms with Crippen LogP contribution in [-0.2, 0) is 4.79 Å². The van der Waals surface area contributed by atoms with E-state index in [1.165, 1.54) is 20.2 Å². The number of nitrogens with zero attached hydrogens (tertiary/aromatic N) is 1. The van der Waals surface area contributed by atoms with E-state index in [-0.39, 0.29) is 40.5 Å². The van der Waals surface area contributed by atoms with E-state index in [1.54, 1.807) is 0 Å². The predicted octanol–water partition coefficient (Wildman–Crippen LogP) is 1.50. The monoisotopic (exact) mass is 276 g/mol. The van der Waals surface area contributed by atoms with Crippen LogP contribution in [0.2, 0.25) is 0 Å². The summed E-state index contributed by atoms with van der Waals surface area (Å²) in [5.74, 6) is -1.77. The van der Waals surface area contributed by atoms with Gasteiger partial charge in [0, 0.05) is 25.2 Å². The summed E-state index contributed by atoms with van der Waals surface area (Å²) in [5.41, 5.74) is 0.605. The molecule has 0 saturated heterocycles. The number of aromatic hydroxyl groups is 1. The molecule has 1 aliphatic rings. The van der Waals surface area contributed by atoms with Gasteiger partial charge in [0.25, 0.3) is 5.91 Å². The number of allylic oxidation sites excluding steroid dienone is 1. The number of benzene rings is 1. The Bertz CT molecular complexity index is 663. The minimum absolute atomic E-state index is 0.0630. The van der Waals surface area contributed by atoms with Gasteiger partial charge in [-0.1, -0.05) is 0 Å². The van der Waals surface area contributed by atoms with Crippen molar-refractivity contribution in [1.29, 1.82) is 0 Å². The van der Waals surface area contributed by atoms with Crippen molar-refractivity contribution in [3.63, 3.8) is 0 Å². The number of amides is 1. The number of phenolic OH excluding ortho intramolecular Hbond substituents is 1. The van der Waals surface area contributed by atoms with Crippen molar-refractivity contribution >= 4 is 17.4 Å². The second-order valence-electron chi connectivity index (χ2n) is 4.43. The molecule has 104 valence electrons. The molecule has 0 radical (unpaired) electrons. The summed E-state index contributed by atoms with van der Waals surface area (Å²) in [6.45, 7) is 1.50. The third-order valence-corrected chi connectivity index (χ3v) is 3.02. The topological polar surface area (TPSA) is 78.8 Å². The first kappa shape index (κ1) is 13.9. The van der Waals surface area contributed by atoms with E-state index < -0.39 is 11.6 Å². The van der Waals surface area contributed by atoms with E-state index in [9.17, 15) is 19.1 Å². The Morgan fingerprint density at radius 2 is 2.10 bits per heavy atom. The number of aryl methyl sites for hydroxylation is 1. The van der Waals surface area contributed by atoms with E-state index in [0.717, 1.165) is 12.1 Å². The van der Waals surface area contributed by atoms with Crippen LogP contribution in [0, 0.1) is 12.7 Å². The van der Waals surface area contributed by atoms with Gasteiger partial charge in [-0.3, -0.25) is 14.6 Å². The third kappa shape index (κ3) is 2.45. The molecule has 6 heteroatoms. The number of carbonyl (C=O) groups excluding carboxylic acids is 2. The van der Waals surface area contributed by atoms with E-state index in [2.05, 4.69) is 10.3 Å². The fourth-order valence-electron chi connectivity index (χ4n) is 1.93. The van der Waals surface area contributed by atoms with Gasteiger partial charge in [0.2, 0.25) is 0 Å². The molecule has 0 saturated carbocycles. The molecule has 2 rings (SSSR count). The smallest absolute Gasteiger partial charge is 0.265 e. The Labute approximate surface area is 114 Å². The van der Waals surface area contributed by atoms with Crippen molar-refractivity contribution in [3.05, 3.63) is 40.8 Å². The number of nitrogens with one attached hydrogen (secondary N) is 1. The van der Waals surface area contributed by atoms with Crippen LogP contribution in [0.25, 0.3) is 0 Å². The SMILES string of the molecule is CNC(=O)C1=NC=C(C(=O)c2cc(F)cc(C)c2O)C1. The number of ketones is 1. The van der Waals surface area contributed by atoms with Crippen LogP contribution in [0.15, 0.2) is 28.9 Å². The Balaban J connectivity index is 2.26. The molecule has 1 aliphatic heterocycles. The van der Waals surface area contributed by atoms with Crippen molar-refractivity contribution in [3.8, 4) is 5.75 Å². The Hall–Kier alpha value is -2.50. The normalized spacial score (nSPS) is 13.8. The summed E-state index contributed by atoms with van der Waals surface area (Å²) in [6, 6.07) is 2.12. The second-order valence-corrected chi connectivity index (χ2v) is 4.43. The molecule has 1 amide bonds. The minimum Gasteiger partial charge on any atom is -0.507 e. The Morgan fingerprint density at radius 1 is 1.40 bits per heavy atom. The highest BCUT2D eigenvalue weighted by molar-refractivity contribution is 6.41. The Morgan fingerprint density at radius 3 is 2.75 bits per heavy atom. The largest absolute Gasteiger partial charge is 0.507 e. The van der Waals surface area contributed by atoms with Crippen molar-refractivity contribution in [2.75, 3.05) is 7.05 Å². The van der Waals surface area contributed by atoms with Gasteiger partial charge in [0.1, 0.15) is 17.3 Å². The highest BCUT2D eigenvalue weighted by Gasteiger charge is 2.24. The van der Waals surface area contributed by atoms with Gasteiger partial charge in [-0.2, -0.15) is 0 Å². The first-order valence-corrected chi connectivity index (χ1v) is 5.95. The molecule has 0 atom stereocenters. The molecule has 2 N–H and O–H groups in total. The molecule has 20 heavy (non-hydrogen) atoms. The average molecular weight is 276 g/mol. The lowest BCUT2D eigenvalue weighted by Gasteiger charge is -2.07. The van der Waals surface area contributed by atoms with Crippen LogP contribution in [-0.4, -0.2) is 29.6 Å². The van der Waals surface area contributed by atoms with Gasteiger partial charge >= 0.3 is 0 Å². The molecule has 1 heterocycles. The van der Waals surface area contributed by atoms with Gasteiger partial charge in [-0.05, 0) is 24.6 Å². The molecule has 5 nitrogen and oxygen atoms in total. The molecule has 0 aromatic heterocycles. The summed E-state index contributed by atoms with van der Waals surface area (Å²) in [4.78, 5) is 27.5. The number of hydrogen-bond acceptors (Lipinski definition) is 4. The highest BCUT2D eigenvalue weighted by Crippen LogP contribution is 2.27. The first-order chi connectivity index (χ1) is 9.43. The molecule has 0 fully saturated rings. The fraction of sp³-hybridized carbons (Fsp3) is 0.214.